The molecule has 0 aliphatic rings. The van der Waals surface area contributed by atoms with Crippen molar-refractivity contribution >= 4 is 5.78 Å². The molecule has 2 aromatic rings. The molecule has 0 saturated carbocycles. The van der Waals surface area contributed by atoms with E-state index in [4.69, 9.17) is 0 Å². The molecular formula is C19H22O. The van der Waals surface area contributed by atoms with E-state index < -0.39 is 0 Å². The van der Waals surface area contributed by atoms with Crippen LogP contribution in [0.2, 0.25) is 0 Å². The molecule has 1 heteroatoms. The molecular weight excluding hydrogens is 244 g/mol. The molecule has 0 radical (unpaired) electrons. The number of unbranched alkanes of at least 4 members (excludes halogenated alkanes) is 1. The Hall–Kier alpha value is -1.89. The number of hydrogen-bond donors (Lipinski definition) is 0. The van der Waals surface area contributed by atoms with Gasteiger partial charge in [0.25, 0.3) is 0 Å². The van der Waals surface area contributed by atoms with Crippen molar-refractivity contribution in [2.75, 3.05) is 0 Å². The van der Waals surface area contributed by atoms with Gasteiger partial charge < -0.3 is 0 Å². The minimum Gasteiger partial charge on any atom is -0.289 e. The van der Waals surface area contributed by atoms with Crippen LogP contribution in [-0.4, -0.2) is 5.78 Å². The summed E-state index contributed by atoms with van der Waals surface area (Å²) in [5.74, 6) is 0.129. The van der Waals surface area contributed by atoms with Crippen molar-refractivity contribution in [2.45, 2.75) is 39.5 Å². The van der Waals surface area contributed by atoms with Crippen molar-refractivity contribution in [3.8, 4) is 0 Å². The van der Waals surface area contributed by atoms with E-state index in [0.717, 1.165) is 29.5 Å². The first-order valence-corrected chi connectivity index (χ1v) is 7.47. The summed E-state index contributed by atoms with van der Waals surface area (Å²) >= 11 is 0. The van der Waals surface area contributed by atoms with Crippen molar-refractivity contribution in [2.24, 2.45) is 0 Å². The molecule has 0 aliphatic heterocycles. The van der Waals surface area contributed by atoms with Gasteiger partial charge in [0.15, 0.2) is 5.78 Å². The van der Waals surface area contributed by atoms with Crippen LogP contribution < -0.4 is 0 Å². The van der Waals surface area contributed by atoms with Gasteiger partial charge in [-0.3, -0.25) is 4.79 Å². The van der Waals surface area contributed by atoms with Crippen LogP contribution in [0.3, 0.4) is 0 Å². The number of carbonyl (C=O) groups is 1. The summed E-state index contributed by atoms with van der Waals surface area (Å²) in [6.45, 7) is 4.28. The first-order valence-electron chi connectivity index (χ1n) is 7.47. The summed E-state index contributed by atoms with van der Waals surface area (Å²) in [6.07, 6.45) is 4.38. The number of hydrogen-bond acceptors (Lipinski definition) is 1. The first kappa shape index (κ1) is 14.5. The molecule has 1 nitrogen and oxygen atoms in total. The van der Waals surface area contributed by atoms with Crippen LogP contribution in [-0.2, 0) is 12.8 Å². The van der Waals surface area contributed by atoms with Gasteiger partial charge >= 0.3 is 0 Å². The van der Waals surface area contributed by atoms with Crippen LogP contribution in [0.5, 0.6) is 0 Å². The zero-order valence-electron chi connectivity index (χ0n) is 12.4. The molecule has 104 valence electrons. The van der Waals surface area contributed by atoms with Gasteiger partial charge in [0.1, 0.15) is 0 Å². The Bertz CT molecular complexity index is 567. The molecule has 0 spiro atoms. The summed E-state index contributed by atoms with van der Waals surface area (Å²) < 4.78 is 0. The number of benzene rings is 2. The topological polar surface area (TPSA) is 17.1 Å². The molecule has 0 atom stereocenters. The van der Waals surface area contributed by atoms with Crippen molar-refractivity contribution < 1.29 is 4.79 Å². The first-order chi connectivity index (χ1) is 9.76. The Morgan fingerprint density at radius 2 is 1.65 bits per heavy atom. The third kappa shape index (κ3) is 3.36. The molecule has 0 fully saturated rings. The molecule has 0 N–H and O–H groups in total. The normalized spacial score (nSPS) is 10.5. The molecule has 0 amide bonds. The summed E-state index contributed by atoms with van der Waals surface area (Å²) in [7, 11) is 0. The van der Waals surface area contributed by atoms with Crippen LogP contribution in [0.4, 0.5) is 0 Å². The fraction of sp³-hybridized carbons (Fsp3) is 0.316. The average molecular weight is 266 g/mol. The third-order valence-electron chi connectivity index (χ3n) is 3.68. The SMILES string of the molecule is CCCCc1ccc(C(=O)c2ccccc2CC)cc1. The second-order valence-electron chi connectivity index (χ2n) is 5.14. The molecule has 20 heavy (non-hydrogen) atoms. The highest BCUT2D eigenvalue weighted by Gasteiger charge is 2.11. The number of ketones is 1. The Morgan fingerprint density at radius 1 is 0.950 bits per heavy atom. The summed E-state index contributed by atoms with van der Waals surface area (Å²) in [6, 6.07) is 16.0. The maximum absolute atomic E-state index is 12.6. The smallest absolute Gasteiger partial charge is 0.193 e. The highest BCUT2D eigenvalue weighted by molar-refractivity contribution is 6.09. The number of rotatable bonds is 6. The second-order valence-corrected chi connectivity index (χ2v) is 5.14. The standard InChI is InChI=1S/C19H22O/c1-3-5-8-15-11-13-17(14-12-15)19(20)18-10-7-6-9-16(18)4-2/h6-7,9-14H,3-5,8H2,1-2H3. The fourth-order valence-electron chi connectivity index (χ4n) is 2.41. The van der Waals surface area contributed by atoms with Gasteiger partial charge in [-0.25, -0.2) is 0 Å². The van der Waals surface area contributed by atoms with Crippen molar-refractivity contribution in [1.29, 1.82) is 0 Å². The molecule has 0 saturated heterocycles. The second kappa shape index (κ2) is 7.04. The van der Waals surface area contributed by atoms with Crippen LogP contribution in [0.1, 0.15) is 53.7 Å². The van der Waals surface area contributed by atoms with Crippen LogP contribution >= 0.6 is 0 Å². The Kier molecular flexibility index (Phi) is 5.11. The lowest BCUT2D eigenvalue weighted by Gasteiger charge is -2.07. The lowest BCUT2D eigenvalue weighted by molar-refractivity contribution is 0.103. The van der Waals surface area contributed by atoms with Crippen LogP contribution in [0.25, 0.3) is 0 Å². The van der Waals surface area contributed by atoms with Gasteiger partial charge in [0.2, 0.25) is 0 Å². The van der Waals surface area contributed by atoms with E-state index in [9.17, 15) is 4.79 Å². The molecule has 2 rings (SSSR count). The maximum atomic E-state index is 12.6. The Balaban J connectivity index is 2.20. The summed E-state index contributed by atoms with van der Waals surface area (Å²) in [5.41, 5.74) is 4.04. The monoisotopic (exact) mass is 266 g/mol. The zero-order chi connectivity index (χ0) is 14.4. The summed E-state index contributed by atoms with van der Waals surface area (Å²) in [4.78, 5) is 12.6. The molecule has 0 unspecified atom stereocenters. The van der Waals surface area contributed by atoms with Gasteiger partial charge in [-0.15, -0.1) is 0 Å². The highest BCUT2D eigenvalue weighted by Crippen LogP contribution is 2.16. The van der Waals surface area contributed by atoms with Gasteiger partial charge in [0.05, 0.1) is 0 Å². The van der Waals surface area contributed by atoms with Crippen molar-refractivity contribution in [3.63, 3.8) is 0 Å². The predicted molar refractivity (Wildman–Crippen MR) is 84.3 cm³/mol. The highest BCUT2D eigenvalue weighted by atomic mass is 16.1. The van der Waals surface area contributed by atoms with E-state index in [-0.39, 0.29) is 5.78 Å². The van der Waals surface area contributed by atoms with Gasteiger partial charge in [-0.1, -0.05) is 68.8 Å². The maximum Gasteiger partial charge on any atom is 0.193 e. The summed E-state index contributed by atoms with van der Waals surface area (Å²) in [5, 5.41) is 0. The van der Waals surface area contributed by atoms with Crippen molar-refractivity contribution in [1.82, 2.24) is 0 Å². The van der Waals surface area contributed by atoms with E-state index in [2.05, 4.69) is 26.0 Å². The Morgan fingerprint density at radius 3 is 2.30 bits per heavy atom. The fourth-order valence-corrected chi connectivity index (χ4v) is 2.41. The average Bonchev–Trinajstić information content (AvgIpc) is 2.52. The number of carbonyl (C=O) groups excluding carboxylic acids is 1. The molecule has 2 aromatic carbocycles. The largest absolute Gasteiger partial charge is 0.289 e. The third-order valence-corrected chi connectivity index (χ3v) is 3.68. The molecule has 0 heterocycles. The zero-order valence-corrected chi connectivity index (χ0v) is 12.4. The quantitative estimate of drug-likeness (QED) is 0.685. The van der Waals surface area contributed by atoms with Gasteiger partial charge in [-0.2, -0.15) is 0 Å². The molecule has 0 bridgehead atoms. The lowest BCUT2D eigenvalue weighted by Crippen LogP contribution is -2.05. The van der Waals surface area contributed by atoms with Gasteiger partial charge in [0, 0.05) is 11.1 Å². The molecule has 0 aliphatic carbocycles. The number of aryl methyl sites for hydroxylation is 2. The van der Waals surface area contributed by atoms with Crippen LogP contribution in [0, 0.1) is 0 Å². The van der Waals surface area contributed by atoms with E-state index in [1.807, 2.05) is 36.4 Å². The lowest BCUT2D eigenvalue weighted by atomic mass is 9.96. The molecule has 0 aromatic heterocycles. The van der Waals surface area contributed by atoms with Crippen LogP contribution in [0.15, 0.2) is 48.5 Å². The van der Waals surface area contributed by atoms with E-state index in [1.54, 1.807) is 0 Å². The van der Waals surface area contributed by atoms with E-state index in [0.29, 0.717) is 0 Å². The Labute approximate surface area is 121 Å². The minimum absolute atomic E-state index is 0.129. The van der Waals surface area contributed by atoms with E-state index >= 15 is 0 Å². The van der Waals surface area contributed by atoms with Gasteiger partial charge in [-0.05, 0) is 30.4 Å². The predicted octanol–water partition coefficient (Wildman–Crippen LogP) is 4.82. The minimum atomic E-state index is 0.129. The van der Waals surface area contributed by atoms with Crippen molar-refractivity contribution in [3.05, 3.63) is 70.8 Å². The van der Waals surface area contributed by atoms with E-state index in [1.165, 1.54) is 18.4 Å².